The first-order valence-electron chi connectivity index (χ1n) is 18.4. The number of phenols is 1. The Morgan fingerprint density at radius 3 is 2.45 bits per heavy atom. The molecule has 0 radical (unpaired) electrons. The second-order valence-corrected chi connectivity index (χ2v) is 15.2. The summed E-state index contributed by atoms with van der Waals surface area (Å²) < 4.78 is 63.6. The van der Waals surface area contributed by atoms with Crippen molar-refractivity contribution >= 4 is 22.3 Å². The van der Waals surface area contributed by atoms with Gasteiger partial charge in [-0.1, -0.05) is 30.3 Å². The van der Waals surface area contributed by atoms with E-state index in [9.17, 15) is 24.9 Å². The number of aliphatic hydroxyl groups is 2. The van der Waals surface area contributed by atoms with Gasteiger partial charge in [0.05, 0.1) is 49.6 Å². The van der Waals surface area contributed by atoms with Crippen LogP contribution in [0.3, 0.4) is 0 Å². The van der Waals surface area contributed by atoms with E-state index in [0.29, 0.717) is 34.2 Å². The minimum absolute atomic E-state index is 0.00957. The van der Waals surface area contributed by atoms with Gasteiger partial charge in [0, 0.05) is 43.6 Å². The molecule has 0 amide bonds. The number of hydrogen-bond donors (Lipinski definition) is 3. The minimum Gasteiger partial charge on any atom is -0.506 e. The number of rotatable bonds is 10. The van der Waals surface area contributed by atoms with Crippen molar-refractivity contribution in [3.05, 3.63) is 64.2 Å². The molecular formula is C40H44O15. The maximum Gasteiger partial charge on any atom is 0.279 e. The molecule has 10 atom stereocenters. The van der Waals surface area contributed by atoms with Crippen LogP contribution in [0.4, 0.5) is 0 Å². The Labute approximate surface area is 316 Å². The number of hydrogen-bond acceptors (Lipinski definition) is 15. The molecule has 3 aromatic rings. The lowest BCUT2D eigenvalue weighted by Crippen LogP contribution is -2.72. The number of ketones is 2. The number of phenolic OH excluding ortho intramolecular Hbond substituents is 1. The molecule has 294 valence electrons. The van der Waals surface area contributed by atoms with Gasteiger partial charge in [0.1, 0.15) is 23.4 Å². The van der Waals surface area contributed by atoms with E-state index in [4.69, 9.17) is 47.4 Å². The van der Waals surface area contributed by atoms with E-state index in [1.807, 2.05) is 43.3 Å². The van der Waals surface area contributed by atoms with Crippen molar-refractivity contribution < 1.29 is 72.3 Å². The third-order valence-corrected chi connectivity index (χ3v) is 12.4. The SMILES string of the molecule is COc1c2c(c(O)c3c4c(c(C)cc13)[C@@H]1O[C@@]3(C(OC)OC)O[C@@H]1[C@@](O[C@H]1C[C@@H](O)[C@@](O)(C(C)=O)[C@H](C)O1)(O4)[C@@]31CO1)C(=O)CC[C@@H]2OCc1ccccc1. The molecule has 1 aliphatic carbocycles. The quantitative estimate of drug-likeness (QED) is 0.201. The largest absolute Gasteiger partial charge is 0.506 e. The minimum atomic E-state index is -2.18. The van der Waals surface area contributed by atoms with Crippen molar-refractivity contribution in [2.75, 3.05) is 27.9 Å². The van der Waals surface area contributed by atoms with Crippen molar-refractivity contribution in [1.82, 2.24) is 0 Å². The predicted octanol–water partition coefficient (Wildman–Crippen LogP) is 3.57. The summed E-state index contributed by atoms with van der Waals surface area (Å²) in [6.45, 7) is 4.77. The Morgan fingerprint density at radius 2 is 1.82 bits per heavy atom. The van der Waals surface area contributed by atoms with Gasteiger partial charge in [0.25, 0.3) is 11.6 Å². The number of benzene rings is 3. The van der Waals surface area contributed by atoms with E-state index in [2.05, 4.69) is 0 Å². The highest BCUT2D eigenvalue weighted by Crippen LogP contribution is 2.72. The molecule has 0 aromatic heterocycles. The normalized spacial score (nSPS) is 36.9. The summed E-state index contributed by atoms with van der Waals surface area (Å²) in [6, 6.07) is 11.5. The molecule has 1 spiro atoms. The zero-order valence-corrected chi connectivity index (χ0v) is 31.3. The highest BCUT2D eigenvalue weighted by molar-refractivity contribution is 6.12. The molecule has 5 heterocycles. The maximum absolute atomic E-state index is 13.8. The fourth-order valence-corrected chi connectivity index (χ4v) is 9.62. The van der Waals surface area contributed by atoms with Crippen LogP contribution in [0, 0.1) is 6.92 Å². The Morgan fingerprint density at radius 1 is 1.09 bits per heavy atom. The van der Waals surface area contributed by atoms with Gasteiger partial charge < -0.3 is 62.7 Å². The molecule has 15 heteroatoms. The van der Waals surface area contributed by atoms with Gasteiger partial charge in [0.15, 0.2) is 29.6 Å². The molecule has 9 rings (SSSR count). The van der Waals surface area contributed by atoms with E-state index in [1.54, 1.807) is 0 Å². The van der Waals surface area contributed by atoms with Gasteiger partial charge >= 0.3 is 0 Å². The third kappa shape index (κ3) is 4.73. The second-order valence-electron chi connectivity index (χ2n) is 15.2. The molecule has 3 N–H and O–H groups in total. The summed E-state index contributed by atoms with van der Waals surface area (Å²) in [6.07, 6.45) is -7.47. The van der Waals surface area contributed by atoms with Crippen molar-refractivity contribution in [2.45, 2.75) is 113 Å². The van der Waals surface area contributed by atoms with E-state index < -0.39 is 71.7 Å². The topological polar surface area (TPSA) is 190 Å². The number of aliphatic hydroxyl groups excluding tert-OH is 1. The summed E-state index contributed by atoms with van der Waals surface area (Å²) >= 11 is 0. The number of aromatic hydroxyl groups is 1. The number of ether oxygens (including phenoxy) is 10. The average molecular weight is 765 g/mol. The fraction of sp³-hybridized carbons (Fsp3) is 0.550. The predicted molar refractivity (Wildman–Crippen MR) is 187 cm³/mol. The lowest BCUT2D eigenvalue weighted by molar-refractivity contribution is -0.385. The molecule has 0 unspecified atom stereocenters. The average Bonchev–Trinajstić information content (AvgIpc) is 3.83. The smallest absolute Gasteiger partial charge is 0.279 e. The van der Waals surface area contributed by atoms with Crippen molar-refractivity contribution in [1.29, 1.82) is 0 Å². The summed E-state index contributed by atoms with van der Waals surface area (Å²) in [4.78, 5) is 26.3. The Hall–Kier alpha value is -3.74. The molecule has 3 aromatic carbocycles. The molecular weight excluding hydrogens is 720 g/mol. The van der Waals surface area contributed by atoms with E-state index in [1.165, 1.54) is 35.2 Å². The number of carbonyl (C=O) groups excluding carboxylic acids is 2. The fourth-order valence-electron chi connectivity index (χ4n) is 9.62. The molecule has 2 bridgehead atoms. The maximum atomic E-state index is 13.8. The zero-order valence-electron chi connectivity index (χ0n) is 31.3. The van der Waals surface area contributed by atoms with Crippen LogP contribution in [0.1, 0.15) is 77.9 Å². The van der Waals surface area contributed by atoms with Crippen LogP contribution < -0.4 is 9.47 Å². The highest BCUT2D eigenvalue weighted by atomic mass is 16.9. The number of Topliss-reactive ketones (excluding diaryl/α,β-unsaturated/α-hetero) is 2. The monoisotopic (exact) mass is 764 g/mol. The Balaban J connectivity index is 1.21. The first-order valence-corrected chi connectivity index (χ1v) is 18.4. The van der Waals surface area contributed by atoms with Gasteiger partial charge in [-0.05, 0) is 44.4 Å². The highest BCUT2D eigenvalue weighted by Gasteiger charge is 2.94. The van der Waals surface area contributed by atoms with E-state index >= 15 is 0 Å². The van der Waals surface area contributed by atoms with Crippen LogP contribution in [-0.4, -0.2) is 108 Å². The van der Waals surface area contributed by atoms with Crippen LogP contribution in [0.25, 0.3) is 10.8 Å². The van der Waals surface area contributed by atoms with Crippen LogP contribution >= 0.6 is 0 Å². The van der Waals surface area contributed by atoms with Gasteiger partial charge in [-0.2, -0.15) is 0 Å². The lowest BCUT2D eigenvalue weighted by atomic mass is 9.77. The summed E-state index contributed by atoms with van der Waals surface area (Å²) in [5.41, 5.74) is -1.05. The van der Waals surface area contributed by atoms with Gasteiger partial charge in [0.2, 0.25) is 11.9 Å². The number of methoxy groups -OCH3 is 3. The number of carbonyl (C=O) groups is 2. The number of aryl methyl sites for hydroxylation is 1. The third-order valence-electron chi connectivity index (χ3n) is 12.4. The molecule has 4 fully saturated rings. The Bertz CT molecular complexity index is 2070. The van der Waals surface area contributed by atoms with E-state index in [-0.39, 0.29) is 54.3 Å². The first-order chi connectivity index (χ1) is 26.3. The van der Waals surface area contributed by atoms with Crippen molar-refractivity contribution in [3.8, 4) is 17.2 Å². The molecule has 0 saturated carbocycles. The summed E-state index contributed by atoms with van der Waals surface area (Å²) in [5, 5.41) is 35.2. The molecule has 4 saturated heterocycles. The van der Waals surface area contributed by atoms with E-state index in [0.717, 1.165) is 5.56 Å². The van der Waals surface area contributed by atoms with Crippen molar-refractivity contribution in [3.63, 3.8) is 0 Å². The van der Waals surface area contributed by atoms with Crippen LogP contribution in [0.2, 0.25) is 0 Å². The zero-order chi connectivity index (χ0) is 38.8. The number of epoxide rings is 1. The molecule has 5 aliphatic heterocycles. The number of fused-ring (bicyclic) bond motifs is 8. The lowest BCUT2D eigenvalue weighted by Gasteiger charge is -2.52. The van der Waals surface area contributed by atoms with Gasteiger partial charge in [-0.25, -0.2) is 0 Å². The van der Waals surface area contributed by atoms with Crippen LogP contribution in [0.15, 0.2) is 36.4 Å². The summed E-state index contributed by atoms with van der Waals surface area (Å²) in [5.74, 6) is -4.41. The van der Waals surface area contributed by atoms with Crippen LogP contribution in [-0.2, 0) is 49.3 Å². The van der Waals surface area contributed by atoms with Gasteiger partial charge in [-0.15, -0.1) is 0 Å². The Kier molecular flexibility index (Phi) is 8.47. The molecule has 55 heavy (non-hydrogen) atoms. The second kappa shape index (κ2) is 12.6. The molecule has 15 nitrogen and oxygen atoms in total. The van der Waals surface area contributed by atoms with Crippen molar-refractivity contribution in [2.24, 2.45) is 0 Å². The van der Waals surface area contributed by atoms with Crippen LogP contribution in [0.5, 0.6) is 17.2 Å². The first kappa shape index (κ1) is 36.9. The van der Waals surface area contributed by atoms with Gasteiger partial charge in [-0.3, -0.25) is 9.59 Å². The molecule has 6 aliphatic rings. The standard InChI is InChI=1S/C40H44O15/c1-18-14-22-28(31(44)29-23(42)12-13-24(30(29)32(22)46-4)49-16-21-10-8-7-9-11-21)33-27(18)34-35-39(53-33,37(17-50-37)40(54-34,55-35)36(47-5)48-6)52-26-15-25(43)38(45,19(2)41)20(3)51-26/h7-11,14,20,24-26,34-36,43-45H,12-13,15-17H2,1-6H3/t20-,24-,25+,26-,34-,35-,37-,38+,39+,40-/m0/s1. The summed E-state index contributed by atoms with van der Waals surface area (Å²) in [7, 11) is 4.36.